The van der Waals surface area contributed by atoms with Gasteiger partial charge in [-0.25, -0.2) is 14.6 Å². The number of hydrogen-bond acceptors (Lipinski definition) is 4. The third kappa shape index (κ3) is 3.78. The standard InChI is InChI=1S/C12H11N3O3S/c16-11(17)8-2-1-3-9(4-8)15-12(18)13-5-10-6-19-7-14-10/h1-4,6-7H,5H2,(H,16,17)(H2,13,15,18). The minimum atomic E-state index is -1.04. The van der Waals surface area contributed by atoms with E-state index in [1.54, 1.807) is 17.6 Å². The number of aromatic nitrogens is 1. The molecule has 2 rings (SSSR count). The number of rotatable bonds is 4. The number of nitrogens with one attached hydrogen (secondary N) is 2. The molecule has 0 saturated heterocycles. The number of aromatic carboxylic acids is 1. The third-order valence-corrected chi connectivity index (χ3v) is 2.92. The van der Waals surface area contributed by atoms with Crippen molar-refractivity contribution < 1.29 is 14.7 Å². The van der Waals surface area contributed by atoms with Crippen LogP contribution in [-0.4, -0.2) is 22.1 Å². The van der Waals surface area contributed by atoms with Crippen molar-refractivity contribution in [2.75, 3.05) is 5.32 Å². The van der Waals surface area contributed by atoms with Gasteiger partial charge in [0.1, 0.15) is 0 Å². The number of carbonyl (C=O) groups is 2. The van der Waals surface area contributed by atoms with Crippen LogP contribution in [-0.2, 0) is 6.54 Å². The molecule has 3 N–H and O–H groups in total. The second kappa shape index (κ2) is 5.96. The second-order valence-corrected chi connectivity index (χ2v) is 4.39. The van der Waals surface area contributed by atoms with Crippen LogP contribution < -0.4 is 10.6 Å². The Hall–Kier alpha value is -2.41. The first kappa shape index (κ1) is 13.0. The van der Waals surface area contributed by atoms with E-state index in [1.165, 1.54) is 23.5 Å². The van der Waals surface area contributed by atoms with Crippen molar-refractivity contribution in [2.24, 2.45) is 0 Å². The van der Waals surface area contributed by atoms with Crippen molar-refractivity contribution in [1.29, 1.82) is 0 Å². The SMILES string of the molecule is O=C(NCc1cscn1)Nc1cccc(C(=O)O)c1. The van der Waals surface area contributed by atoms with E-state index >= 15 is 0 Å². The van der Waals surface area contributed by atoms with Gasteiger partial charge >= 0.3 is 12.0 Å². The molecule has 1 aromatic heterocycles. The van der Waals surface area contributed by atoms with Gasteiger partial charge in [-0.3, -0.25) is 0 Å². The first-order chi connectivity index (χ1) is 9.15. The van der Waals surface area contributed by atoms with Crippen LogP contribution in [0.1, 0.15) is 16.1 Å². The number of carbonyl (C=O) groups excluding carboxylic acids is 1. The number of amides is 2. The molecule has 6 nitrogen and oxygen atoms in total. The molecule has 1 heterocycles. The maximum Gasteiger partial charge on any atom is 0.335 e. The van der Waals surface area contributed by atoms with Crippen LogP contribution in [0, 0.1) is 0 Å². The van der Waals surface area contributed by atoms with Crippen LogP contribution >= 0.6 is 11.3 Å². The molecule has 0 atom stereocenters. The molecule has 0 radical (unpaired) electrons. The Balaban J connectivity index is 1.91. The molecule has 0 bridgehead atoms. The molecule has 98 valence electrons. The largest absolute Gasteiger partial charge is 0.478 e. The summed E-state index contributed by atoms with van der Waals surface area (Å²) in [6, 6.07) is 5.63. The number of carboxylic acid groups (broad SMARTS) is 1. The first-order valence-corrected chi connectivity index (χ1v) is 6.35. The number of urea groups is 1. The number of nitrogens with zero attached hydrogens (tertiary/aromatic N) is 1. The molecule has 2 aromatic rings. The van der Waals surface area contributed by atoms with E-state index < -0.39 is 12.0 Å². The number of anilines is 1. The molecule has 0 saturated carbocycles. The zero-order valence-electron chi connectivity index (χ0n) is 9.79. The van der Waals surface area contributed by atoms with Crippen LogP contribution in [0.3, 0.4) is 0 Å². The summed E-state index contributed by atoms with van der Waals surface area (Å²) in [5.41, 5.74) is 3.01. The van der Waals surface area contributed by atoms with Crippen molar-refractivity contribution in [3.63, 3.8) is 0 Å². The van der Waals surface area contributed by atoms with Crippen LogP contribution in [0.5, 0.6) is 0 Å². The van der Waals surface area contributed by atoms with Gasteiger partial charge in [-0.05, 0) is 18.2 Å². The van der Waals surface area contributed by atoms with E-state index in [-0.39, 0.29) is 5.56 Å². The van der Waals surface area contributed by atoms with Crippen LogP contribution in [0.25, 0.3) is 0 Å². The monoisotopic (exact) mass is 277 g/mol. The fourth-order valence-corrected chi connectivity index (χ4v) is 1.96. The summed E-state index contributed by atoms with van der Waals surface area (Å²) in [5.74, 6) is -1.04. The summed E-state index contributed by atoms with van der Waals surface area (Å²) in [6.07, 6.45) is 0. The minimum Gasteiger partial charge on any atom is -0.478 e. The van der Waals surface area contributed by atoms with Gasteiger partial charge in [-0.2, -0.15) is 0 Å². The Morgan fingerprint density at radius 3 is 2.89 bits per heavy atom. The maximum absolute atomic E-state index is 11.6. The van der Waals surface area contributed by atoms with Gasteiger partial charge in [-0.1, -0.05) is 6.07 Å². The molecule has 0 aliphatic rings. The van der Waals surface area contributed by atoms with Gasteiger partial charge in [0.2, 0.25) is 0 Å². The number of thiazole rings is 1. The first-order valence-electron chi connectivity index (χ1n) is 5.40. The molecular formula is C12H11N3O3S. The normalized spacial score (nSPS) is 9.89. The van der Waals surface area contributed by atoms with Crippen molar-refractivity contribution in [2.45, 2.75) is 6.54 Å². The summed E-state index contributed by atoms with van der Waals surface area (Å²) >= 11 is 1.45. The Labute approximate surface area is 113 Å². The summed E-state index contributed by atoms with van der Waals surface area (Å²) in [4.78, 5) is 26.4. The molecular weight excluding hydrogens is 266 g/mol. The van der Waals surface area contributed by atoms with E-state index in [2.05, 4.69) is 15.6 Å². The third-order valence-electron chi connectivity index (χ3n) is 2.28. The lowest BCUT2D eigenvalue weighted by molar-refractivity contribution is 0.0697. The predicted molar refractivity (Wildman–Crippen MR) is 71.4 cm³/mol. The van der Waals surface area contributed by atoms with Gasteiger partial charge in [0.05, 0.1) is 23.3 Å². The fourth-order valence-electron chi connectivity index (χ4n) is 1.40. The summed E-state index contributed by atoms with van der Waals surface area (Å²) in [6.45, 7) is 0.327. The smallest absolute Gasteiger partial charge is 0.335 e. The van der Waals surface area contributed by atoms with Gasteiger partial charge in [0.15, 0.2) is 0 Å². The van der Waals surface area contributed by atoms with Crippen LogP contribution in [0.15, 0.2) is 35.2 Å². The van der Waals surface area contributed by atoms with E-state index in [0.29, 0.717) is 12.2 Å². The highest BCUT2D eigenvalue weighted by Gasteiger charge is 2.06. The highest BCUT2D eigenvalue weighted by molar-refractivity contribution is 7.07. The zero-order chi connectivity index (χ0) is 13.7. The van der Waals surface area contributed by atoms with Crippen LogP contribution in [0.2, 0.25) is 0 Å². The van der Waals surface area contributed by atoms with Crippen molar-refractivity contribution in [1.82, 2.24) is 10.3 Å². The minimum absolute atomic E-state index is 0.123. The zero-order valence-corrected chi connectivity index (χ0v) is 10.6. The molecule has 0 aliphatic carbocycles. The fraction of sp³-hybridized carbons (Fsp3) is 0.0833. The van der Waals surface area contributed by atoms with E-state index in [0.717, 1.165) is 5.69 Å². The maximum atomic E-state index is 11.6. The topological polar surface area (TPSA) is 91.3 Å². The van der Waals surface area contributed by atoms with Gasteiger partial charge in [0, 0.05) is 11.1 Å². The molecule has 2 amide bonds. The number of benzene rings is 1. The van der Waals surface area contributed by atoms with Gasteiger partial charge in [0.25, 0.3) is 0 Å². The van der Waals surface area contributed by atoms with E-state index in [1.807, 2.05) is 5.38 Å². The quantitative estimate of drug-likeness (QED) is 0.798. The highest BCUT2D eigenvalue weighted by atomic mass is 32.1. The summed E-state index contributed by atoms with van der Waals surface area (Å²) in [7, 11) is 0. The lowest BCUT2D eigenvalue weighted by atomic mass is 10.2. The van der Waals surface area contributed by atoms with Gasteiger partial charge in [-0.15, -0.1) is 11.3 Å². The summed E-state index contributed by atoms with van der Waals surface area (Å²) < 4.78 is 0. The lowest BCUT2D eigenvalue weighted by Crippen LogP contribution is -2.28. The molecule has 7 heteroatoms. The number of carboxylic acids is 1. The average Bonchev–Trinajstić information content (AvgIpc) is 2.90. The molecule has 0 unspecified atom stereocenters. The lowest BCUT2D eigenvalue weighted by Gasteiger charge is -2.07. The number of hydrogen-bond donors (Lipinski definition) is 3. The Morgan fingerprint density at radius 1 is 1.37 bits per heavy atom. The molecule has 0 fully saturated rings. The van der Waals surface area contributed by atoms with E-state index in [9.17, 15) is 9.59 Å². The molecule has 0 spiro atoms. The van der Waals surface area contributed by atoms with Crippen molar-refractivity contribution in [3.8, 4) is 0 Å². The predicted octanol–water partition coefficient (Wildman–Crippen LogP) is 2.16. The van der Waals surface area contributed by atoms with Gasteiger partial charge < -0.3 is 15.7 Å². The average molecular weight is 277 g/mol. The summed E-state index contributed by atoms with van der Waals surface area (Å²) in [5, 5.41) is 15.9. The molecule has 19 heavy (non-hydrogen) atoms. The Morgan fingerprint density at radius 2 is 2.21 bits per heavy atom. The molecule has 0 aliphatic heterocycles. The van der Waals surface area contributed by atoms with Crippen molar-refractivity contribution in [3.05, 3.63) is 46.4 Å². The highest BCUT2D eigenvalue weighted by Crippen LogP contribution is 2.10. The Bertz CT molecular complexity index is 584. The van der Waals surface area contributed by atoms with E-state index in [4.69, 9.17) is 5.11 Å². The molecule has 1 aromatic carbocycles. The van der Waals surface area contributed by atoms with Crippen LogP contribution in [0.4, 0.5) is 10.5 Å². The Kier molecular flexibility index (Phi) is 4.09. The second-order valence-electron chi connectivity index (χ2n) is 3.67. The van der Waals surface area contributed by atoms with Crippen molar-refractivity contribution >= 4 is 29.0 Å².